The Morgan fingerprint density at radius 3 is 2.50 bits per heavy atom. The minimum Gasteiger partial charge on any atom is -0.467 e. The molecule has 5 nitrogen and oxygen atoms in total. The molecule has 0 saturated carbocycles. The molecule has 2 rings (SSSR count). The van der Waals surface area contributed by atoms with E-state index in [9.17, 15) is 8.42 Å². The summed E-state index contributed by atoms with van der Waals surface area (Å²) >= 11 is 5.23. The smallest absolute Gasteiger partial charge is 0.175 e. The van der Waals surface area contributed by atoms with Gasteiger partial charge in [-0.25, -0.2) is 8.42 Å². The number of furan rings is 1. The molecule has 0 unspecified atom stereocenters. The molecule has 2 aromatic rings. The summed E-state index contributed by atoms with van der Waals surface area (Å²) in [5.74, 6) is 0.800. The van der Waals surface area contributed by atoms with E-state index in [4.69, 9.17) is 16.6 Å². The van der Waals surface area contributed by atoms with E-state index in [-0.39, 0.29) is 6.04 Å². The van der Waals surface area contributed by atoms with Gasteiger partial charge in [-0.15, -0.1) is 0 Å². The normalized spacial score (nSPS) is 12.6. The highest BCUT2D eigenvalue weighted by atomic mass is 32.2. The van der Waals surface area contributed by atoms with Gasteiger partial charge in [0.25, 0.3) is 0 Å². The molecule has 1 heterocycles. The van der Waals surface area contributed by atoms with E-state index in [1.165, 1.54) is 6.26 Å². The lowest BCUT2D eigenvalue weighted by Crippen LogP contribution is -2.36. The number of rotatable bonds is 5. The molecule has 1 atom stereocenters. The highest BCUT2D eigenvalue weighted by Crippen LogP contribution is 2.16. The maximum Gasteiger partial charge on any atom is 0.175 e. The van der Waals surface area contributed by atoms with Crippen molar-refractivity contribution >= 4 is 27.2 Å². The Labute approximate surface area is 135 Å². The summed E-state index contributed by atoms with van der Waals surface area (Å²) in [5, 5.41) is 6.71. The molecule has 0 aliphatic rings. The Hall–Kier alpha value is -1.86. The van der Waals surface area contributed by atoms with E-state index in [1.54, 1.807) is 30.5 Å². The molecule has 0 bridgehead atoms. The summed E-state index contributed by atoms with van der Waals surface area (Å²) in [6.07, 6.45) is 2.80. The Morgan fingerprint density at radius 2 is 1.95 bits per heavy atom. The van der Waals surface area contributed by atoms with Crippen LogP contribution < -0.4 is 10.6 Å². The number of thiocarbonyl (C=S) groups is 1. The first-order valence-electron chi connectivity index (χ1n) is 6.73. The zero-order chi connectivity index (χ0) is 16.2. The minimum absolute atomic E-state index is 0.0368. The number of benzene rings is 1. The van der Waals surface area contributed by atoms with Crippen molar-refractivity contribution in [3.63, 3.8) is 0 Å². The summed E-state index contributed by atoms with van der Waals surface area (Å²) in [6.45, 7) is 2.47. The summed E-state index contributed by atoms with van der Waals surface area (Å²) in [4.78, 5) is 0.307. The second-order valence-electron chi connectivity index (χ2n) is 4.97. The topological polar surface area (TPSA) is 71.3 Å². The van der Waals surface area contributed by atoms with Crippen LogP contribution in [0.4, 0.5) is 0 Å². The molecule has 0 fully saturated rings. The van der Waals surface area contributed by atoms with Gasteiger partial charge >= 0.3 is 0 Å². The van der Waals surface area contributed by atoms with Crippen molar-refractivity contribution in [1.82, 2.24) is 10.6 Å². The van der Waals surface area contributed by atoms with Crippen LogP contribution in [0.2, 0.25) is 0 Å². The van der Waals surface area contributed by atoms with Crippen LogP contribution in [0.25, 0.3) is 0 Å². The quantitative estimate of drug-likeness (QED) is 0.816. The van der Waals surface area contributed by atoms with Crippen molar-refractivity contribution < 1.29 is 12.8 Å². The van der Waals surface area contributed by atoms with Crippen LogP contribution in [0.3, 0.4) is 0 Å². The third kappa shape index (κ3) is 4.57. The van der Waals surface area contributed by atoms with Gasteiger partial charge in [-0.2, -0.15) is 0 Å². The van der Waals surface area contributed by atoms with Crippen LogP contribution in [0, 0.1) is 0 Å². The minimum atomic E-state index is -3.17. The lowest BCUT2D eigenvalue weighted by Gasteiger charge is -2.17. The standard InChI is InChI=1S/C15H18N2O3S2/c1-11(12-5-7-14(8-6-12)22(2,18)19)17-15(21)16-10-13-4-3-9-20-13/h3-9,11H,10H2,1-2H3,(H2,16,17,21)/t11-/m0/s1. The average Bonchev–Trinajstić information content (AvgIpc) is 2.97. The molecule has 0 aliphatic heterocycles. The van der Waals surface area contributed by atoms with Gasteiger partial charge in [0.2, 0.25) is 0 Å². The molecular formula is C15H18N2O3S2. The molecule has 1 aromatic heterocycles. The van der Waals surface area contributed by atoms with Gasteiger partial charge in [-0.1, -0.05) is 12.1 Å². The Kier molecular flexibility index (Phi) is 5.20. The maximum atomic E-state index is 11.4. The number of hydrogen-bond donors (Lipinski definition) is 2. The van der Waals surface area contributed by atoms with E-state index in [0.29, 0.717) is 16.6 Å². The molecular weight excluding hydrogens is 320 g/mol. The third-order valence-electron chi connectivity index (χ3n) is 3.16. The van der Waals surface area contributed by atoms with Crippen molar-refractivity contribution in [3.8, 4) is 0 Å². The summed E-state index contributed by atoms with van der Waals surface area (Å²) in [6, 6.07) is 10.4. The Balaban J connectivity index is 1.91. The lowest BCUT2D eigenvalue weighted by molar-refractivity contribution is 0.501. The fourth-order valence-electron chi connectivity index (χ4n) is 1.92. The zero-order valence-electron chi connectivity index (χ0n) is 12.4. The molecule has 0 spiro atoms. The molecule has 7 heteroatoms. The monoisotopic (exact) mass is 338 g/mol. The van der Waals surface area contributed by atoms with E-state index in [2.05, 4.69) is 10.6 Å². The van der Waals surface area contributed by atoms with Gasteiger partial charge < -0.3 is 15.1 Å². The van der Waals surface area contributed by atoms with Crippen molar-refractivity contribution in [1.29, 1.82) is 0 Å². The number of sulfone groups is 1. The summed E-state index contributed by atoms with van der Waals surface area (Å²) in [5.41, 5.74) is 0.953. The van der Waals surface area contributed by atoms with Gasteiger partial charge in [0, 0.05) is 6.26 Å². The number of hydrogen-bond acceptors (Lipinski definition) is 4. The van der Waals surface area contributed by atoms with Crippen molar-refractivity contribution in [3.05, 3.63) is 54.0 Å². The van der Waals surface area contributed by atoms with Crippen molar-refractivity contribution in [2.75, 3.05) is 6.26 Å². The fraction of sp³-hybridized carbons (Fsp3) is 0.267. The number of nitrogens with one attached hydrogen (secondary N) is 2. The van der Waals surface area contributed by atoms with Gasteiger partial charge in [0.05, 0.1) is 23.7 Å². The van der Waals surface area contributed by atoms with Crippen molar-refractivity contribution in [2.45, 2.75) is 24.4 Å². The van der Waals surface area contributed by atoms with Gasteiger partial charge in [-0.3, -0.25) is 0 Å². The Morgan fingerprint density at radius 1 is 1.27 bits per heavy atom. The highest BCUT2D eigenvalue weighted by molar-refractivity contribution is 7.90. The van der Waals surface area contributed by atoms with Crippen LogP contribution in [0.1, 0.15) is 24.3 Å². The molecule has 0 saturated heterocycles. The summed E-state index contributed by atoms with van der Waals surface area (Å²) in [7, 11) is -3.17. The lowest BCUT2D eigenvalue weighted by atomic mass is 10.1. The van der Waals surface area contributed by atoms with E-state index >= 15 is 0 Å². The molecule has 1 aromatic carbocycles. The van der Waals surface area contributed by atoms with E-state index in [0.717, 1.165) is 11.3 Å². The van der Waals surface area contributed by atoms with Gasteiger partial charge in [-0.05, 0) is 49.0 Å². The van der Waals surface area contributed by atoms with Crippen LogP contribution in [-0.2, 0) is 16.4 Å². The van der Waals surface area contributed by atoms with Gasteiger partial charge in [0.1, 0.15) is 5.76 Å². The second-order valence-corrected chi connectivity index (χ2v) is 7.39. The van der Waals surface area contributed by atoms with E-state index < -0.39 is 9.84 Å². The van der Waals surface area contributed by atoms with Gasteiger partial charge in [0.15, 0.2) is 14.9 Å². The molecule has 22 heavy (non-hydrogen) atoms. The molecule has 118 valence electrons. The summed E-state index contributed by atoms with van der Waals surface area (Å²) < 4.78 is 28.1. The van der Waals surface area contributed by atoms with Crippen molar-refractivity contribution in [2.24, 2.45) is 0 Å². The Bertz CT molecular complexity index is 723. The predicted octanol–water partition coefficient (Wildman–Crippen LogP) is 2.41. The second kappa shape index (κ2) is 6.93. The largest absolute Gasteiger partial charge is 0.467 e. The first kappa shape index (κ1) is 16.5. The highest BCUT2D eigenvalue weighted by Gasteiger charge is 2.10. The first-order chi connectivity index (χ1) is 10.4. The van der Waals surface area contributed by atoms with E-state index in [1.807, 2.05) is 19.1 Å². The fourth-order valence-corrected chi connectivity index (χ4v) is 2.79. The third-order valence-corrected chi connectivity index (χ3v) is 4.55. The predicted molar refractivity (Wildman–Crippen MR) is 89.2 cm³/mol. The van der Waals surface area contributed by atoms with Crippen LogP contribution >= 0.6 is 12.2 Å². The zero-order valence-corrected chi connectivity index (χ0v) is 14.0. The molecule has 0 amide bonds. The van der Waals surface area contributed by atoms with Crippen LogP contribution in [0.5, 0.6) is 0 Å². The maximum absolute atomic E-state index is 11.4. The SMILES string of the molecule is C[C@H](NC(=S)NCc1ccco1)c1ccc(S(C)(=O)=O)cc1. The first-order valence-corrected chi connectivity index (χ1v) is 9.03. The molecule has 2 N–H and O–H groups in total. The van der Waals surface area contributed by atoms with Crippen LogP contribution in [-0.4, -0.2) is 19.8 Å². The van der Waals surface area contributed by atoms with Crippen LogP contribution in [0.15, 0.2) is 52.0 Å². The molecule has 0 radical (unpaired) electrons. The average molecular weight is 338 g/mol. The molecule has 0 aliphatic carbocycles.